The third kappa shape index (κ3) is 2.33. The first-order chi connectivity index (χ1) is 9.74. The molecule has 0 atom stereocenters. The first-order valence-corrected chi connectivity index (χ1v) is 6.19. The Morgan fingerprint density at radius 3 is 3.00 bits per heavy atom. The lowest BCUT2D eigenvalue weighted by Crippen LogP contribution is -2.27. The van der Waals surface area contributed by atoms with Crippen LogP contribution in [0.25, 0.3) is 0 Å². The molecule has 1 aliphatic heterocycles. The van der Waals surface area contributed by atoms with E-state index < -0.39 is 0 Å². The summed E-state index contributed by atoms with van der Waals surface area (Å²) in [6.07, 6.45) is 4.52. The second-order valence-electron chi connectivity index (χ2n) is 4.33. The van der Waals surface area contributed by atoms with Gasteiger partial charge in [0.15, 0.2) is 0 Å². The van der Waals surface area contributed by atoms with Crippen molar-refractivity contribution in [3.63, 3.8) is 0 Å². The standard InChI is InChI=1S/C13H13N5O2/c19-12-15-5-7-18(12)11-3-1-2-10(8-11)16-13(20)17-6-4-14-9-17/h1-4,6,8-9H,5,7H2,(H,15,19)(H,16,20). The van der Waals surface area contributed by atoms with Crippen LogP contribution in [0.5, 0.6) is 0 Å². The predicted molar refractivity (Wildman–Crippen MR) is 73.8 cm³/mol. The van der Waals surface area contributed by atoms with Gasteiger partial charge in [-0.1, -0.05) is 6.07 Å². The van der Waals surface area contributed by atoms with Gasteiger partial charge in [-0.3, -0.25) is 9.47 Å². The van der Waals surface area contributed by atoms with Gasteiger partial charge in [0.2, 0.25) is 0 Å². The Morgan fingerprint density at radius 1 is 1.40 bits per heavy atom. The van der Waals surface area contributed by atoms with Crippen LogP contribution >= 0.6 is 0 Å². The molecule has 0 radical (unpaired) electrons. The maximum Gasteiger partial charge on any atom is 0.331 e. The van der Waals surface area contributed by atoms with Gasteiger partial charge in [0.1, 0.15) is 6.33 Å². The first kappa shape index (κ1) is 12.2. The molecule has 102 valence electrons. The quantitative estimate of drug-likeness (QED) is 0.868. The van der Waals surface area contributed by atoms with Crippen LogP contribution < -0.4 is 15.5 Å². The SMILES string of the molecule is O=C1NCCN1c1cccc(NC(=O)n2ccnc2)c1. The second kappa shape index (κ2) is 5.04. The lowest BCUT2D eigenvalue weighted by Gasteiger charge is -2.15. The number of rotatable bonds is 2. The average Bonchev–Trinajstić information content (AvgIpc) is 3.10. The smallest absolute Gasteiger partial charge is 0.331 e. The molecule has 2 aromatic rings. The van der Waals surface area contributed by atoms with Crippen LogP contribution in [0, 0.1) is 0 Å². The number of nitrogens with one attached hydrogen (secondary N) is 2. The number of carbonyl (C=O) groups is 2. The summed E-state index contributed by atoms with van der Waals surface area (Å²) in [4.78, 5) is 28.9. The van der Waals surface area contributed by atoms with E-state index in [9.17, 15) is 9.59 Å². The van der Waals surface area contributed by atoms with Crippen LogP contribution in [0.4, 0.5) is 21.0 Å². The van der Waals surface area contributed by atoms with Crippen LogP contribution in [0.2, 0.25) is 0 Å². The Labute approximate surface area is 115 Å². The number of aromatic nitrogens is 2. The molecule has 20 heavy (non-hydrogen) atoms. The summed E-state index contributed by atoms with van der Waals surface area (Å²) in [7, 11) is 0. The molecule has 0 saturated carbocycles. The van der Waals surface area contributed by atoms with E-state index in [4.69, 9.17) is 0 Å². The van der Waals surface area contributed by atoms with Crippen LogP contribution in [0.3, 0.4) is 0 Å². The molecule has 3 rings (SSSR count). The van der Waals surface area contributed by atoms with Crippen LogP contribution in [0.1, 0.15) is 0 Å². The molecule has 1 aromatic carbocycles. The van der Waals surface area contributed by atoms with Gasteiger partial charge >= 0.3 is 12.1 Å². The molecule has 1 fully saturated rings. The third-order valence-electron chi connectivity index (χ3n) is 3.00. The highest BCUT2D eigenvalue weighted by Crippen LogP contribution is 2.21. The fraction of sp³-hybridized carbons (Fsp3) is 0.154. The van der Waals surface area contributed by atoms with Crippen molar-refractivity contribution in [3.05, 3.63) is 43.0 Å². The van der Waals surface area contributed by atoms with Gasteiger partial charge in [0.05, 0.1) is 0 Å². The highest BCUT2D eigenvalue weighted by molar-refractivity contribution is 5.96. The topological polar surface area (TPSA) is 79.3 Å². The maximum absolute atomic E-state index is 11.9. The first-order valence-electron chi connectivity index (χ1n) is 6.19. The minimum atomic E-state index is -0.300. The lowest BCUT2D eigenvalue weighted by atomic mass is 10.2. The number of amides is 3. The van der Waals surface area contributed by atoms with Gasteiger partial charge < -0.3 is 10.6 Å². The largest absolute Gasteiger partial charge is 0.336 e. The van der Waals surface area contributed by atoms with Gasteiger partial charge in [-0.05, 0) is 18.2 Å². The highest BCUT2D eigenvalue weighted by atomic mass is 16.2. The molecular weight excluding hydrogens is 258 g/mol. The summed E-state index contributed by atoms with van der Waals surface area (Å²) in [5, 5.41) is 5.49. The highest BCUT2D eigenvalue weighted by Gasteiger charge is 2.21. The van der Waals surface area contributed by atoms with Gasteiger partial charge in [0, 0.05) is 36.9 Å². The van der Waals surface area contributed by atoms with Gasteiger partial charge in [-0.2, -0.15) is 0 Å². The monoisotopic (exact) mass is 271 g/mol. The van der Waals surface area contributed by atoms with E-state index in [0.29, 0.717) is 18.8 Å². The zero-order valence-corrected chi connectivity index (χ0v) is 10.6. The summed E-state index contributed by atoms with van der Waals surface area (Å²) < 4.78 is 1.34. The van der Waals surface area contributed by atoms with Crippen molar-refractivity contribution in [1.29, 1.82) is 0 Å². The second-order valence-corrected chi connectivity index (χ2v) is 4.33. The normalized spacial score (nSPS) is 14.2. The molecule has 2 heterocycles. The maximum atomic E-state index is 11.9. The van der Waals surface area contributed by atoms with Crippen molar-refractivity contribution in [2.45, 2.75) is 0 Å². The molecule has 1 aromatic heterocycles. The van der Waals surface area contributed by atoms with Crippen LogP contribution in [-0.4, -0.2) is 34.7 Å². The van der Waals surface area contributed by atoms with Crippen LogP contribution in [0.15, 0.2) is 43.0 Å². The van der Waals surface area contributed by atoms with E-state index in [1.807, 2.05) is 6.07 Å². The predicted octanol–water partition coefficient (Wildman–Crippen LogP) is 1.49. The lowest BCUT2D eigenvalue weighted by molar-refractivity contribution is 0.252. The summed E-state index contributed by atoms with van der Waals surface area (Å²) in [6, 6.07) is 6.74. The minimum Gasteiger partial charge on any atom is -0.336 e. The Balaban J connectivity index is 1.78. The zero-order chi connectivity index (χ0) is 13.9. The summed E-state index contributed by atoms with van der Waals surface area (Å²) in [5.74, 6) is 0. The molecule has 0 aliphatic carbocycles. The fourth-order valence-corrected chi connectivity index (χ4v) is 2.04. The molecular formula is C13H13N5O2. The van der Waals surface area contributed by atoms with E-state index in [1.54, 1.807) is 29.3 Å². The molecule has 1 aliphatic rings. The Bertz CT molecular complexity index is 638. The molecule has 1 saturated heterocycles. The fourth-order valence-electron chi connectivity index (χ4n) is 2.04. The summed E-state index contributed by atoms with van der Waals surface area (Å²) in [6.45, 7) is 1.25. The summed E-state index contributed by atoms with van der Waals surface area (Å²) in [5.41, 5.74) is 1.38. The molecule has 7 heteroatoms. The van der Waals surface area contributed by atoms with Crippen molar-refractivity contribution in [1.82, 2.24) is 14.9 Å². The average molecular weight is 271 g/mol. The Morgan fingerprint density at radius 2 is 2.30 bits per heavy atom. The third-order valence-corrected chi connectivity index (χ3v) is 3.00. The van der Waals surface area contributed by atoms with Crippen molar-refractivity contribution in [2.75, 3.05) is 23.3 Å². The number of anilines is 2. The number of carbonyl (C=O) groups excluding carboxylic acids is 2. The van der Waals surface area contributed by atoms with Crippen molar-refractivity contribution in [2.24, 2.45) is 0 Å². The Kier molecular flexibility index (Phi) is 3.08. The van der Waals surface area contributed by atoms with Crippen molar-refractivity contribution in [3.8, 4) is 0 Å². The van der Waals surface area contributed by atoms with E-state index in [-0.39, 0.29) is 12.1 Å². The number of hydrogen-bond acceptors (Lipinski definition) is 3. The van der Waals surface area contributed by atoms with Gasteiger partial charge in [-0.25, -0.2) is 14.6 Å². The van der Waals surface area contributed by atoms with Crippen molar-refractivity contribution >= 4 is 23.4 Å². The number of imidazole rings is 1. The van der Waals surface area contributed by atoms with Gasteiger partial charge in [0.25, 0.3) is 0 Å². The molecule has 0 bridgehead atoms. The molecule has 0 unspecified atom stereocenters. The van der Waals surface area contributed by atoms with E-state index >= 15 is 0 Å². The molecule has 3 amide bonds. The van der Waals surface area contributed by atoms with E-state index in [0.717, 1.165) is 5.69 Å². The zero-order valence-electron chi connectivity index (χ0n) is 10.6. The molecule has 0 spiro atoms. The number of hydrogen-bond donors (Lipinski definition) is 2. The van der Waals surface area contributed by atoms with Gasteiger partial charge in [-0.15, -0.1) is 0 Å². The van der Waals surface area contributed by atoms with E-state index in [2.05, 4.69) is 15.6 Å². The number of benzene rings is 1. The minimum absolute atomic E-state index is 0.122. The molecule has 7 nitrogen and oxygen atoms in total. The van der Waals surface area contributed by atoms with Crippen LogP contribution in [-0.2, 0) is 0 Å². The van der Waals surface area contributed by atoms with Crippen molar-refractivity contribution < 1.29 is 9.59 Å². The molecule has 2 N–H and O–H groups in total. The van der Waals surface area contributed by atoms with E-state index in [1.165, 1.54) is 17.1 Å². The summed E-state index contributed by atoms with van der Waals surface area (Å²) >= 11 is 0. The Hall–Kier alpha value is -2.83. The number of urea groups is 1. The number of nitrogens with zero attached hydrogens (tertiary/aromatic N) is 3.